The van der Waals surface area contributed by atoms with Gasteiger partial charge in [-0.05, 0) is 0 Å². The maximum absolute atomic E-state index is 0. The van der Waals surface area contributed by atoms with Crippen molar-refractivity contribution >= 4 is 41.9 Å². The van der Waals surface area contributed by atoms with E-state index in [9.17, 15) is 0 Å². The summed E-state index contributed by atoms with van der Waals surface area (Å²) < 4.78 is 0. The monoisotopic (exact) mass is 323 g/mol. The third-order valence-corrected chi connectivity index (χ3v) is 0. The fraction of sp³-hybridized carbons (Fsp3) is 0. The molecule has 0 rings (SSSR count). The normalized spacial score (nSPS) is 0. The second kappa shape index (κ2) is 492. The van der Waals surface area contributed by atoms with Crippen molar-refractivity contribution in [2.24, 2.45) is 0 Å². The van der Waals surface area contributed by atoms with E-state index in [2.05, 4.69) is 0 Å². The Morgan fingerprint density at radius 3 is 0.375 bits per heavy atom. The topological polar surface area (TPSA) is 0 Å². The quantitative estimate of drug-likeness (QED) is 0.357. The van der Waals surface area contributed by atoms with Gasteiger partial charge in [-0.15, -0.1) is 24.0 Å². The molecule has 0 unspecified atom stereocenters. The molecule has 0 amide bonds. The minimum absolute atomic E-state index is 0. The molecule has 8 heteroatoms. The van der Waals surface area contributed by atoms with Gasteiger partial charge in [-0.2, -0.15) is 0 Å². The summed E-state index contributed by atoms with van der Waals surface area (Å²) in [4.78, 5) is 0. The maximum Gasteiger partial charge on any atom is 0 e. The molecule has 0 aliphatic heterocycles. The second-order valence-electron chi connectivity index (χ2n) is 0. The first-order valence-corrected chi connectivity index (χ1v) is 0. The zero-order valence-electron chi connectivity index (χ0n) is 3.30. The van der Waals surface area contributed by atoms with Gasteiger partial charge in [0, 0.05) is 18.0 Å². The Balaban J connectivity index is 0. The van der Waals surface area contributed by atoms with Crippen LogP contribution in [0.2, 0.25) is 0 Å². The van der Waals surface area contributed by atoms with Crippen LogP contribution in [-0.2, 0) is 0 Å². The average Bonchev–Trinajstić information content (AvgIpc) is 0. The fourth-order valence-electron chi connectivity index (χ4n) is 0. The Kier molecular flexibility index (Phi) is 44800. The van der Waals surface area contributed by atoms with Crippen LogP contribution in [0.3, 0.4) is 0 Å². The molecule has 0 N–H and O–H groups in total. The van der Waals surface area contributed by atoms with Crippen LogP contribution in [0, 0.1) is 0 Å². The summed E-state index contributed by atoms with van der Waals surface area (Å²) in [6, 6.07) is 0. The van der Waals surface area contributed by atoms with Gasteiger partial charge < -0.3 is 0 Å². The molecule has 0 atom stereocenters. The largest absolute Gasteiger partial charge is 0.269 e. The van der Waals surface area contributed by atoms with E-state index in [1.165, 1.54) is 0 Å². The van der Waals surface area contributed by atoms with Crippen LogP contribution in [0.15, 0.2) is 0 Å². The minimum Gasteiger partial charge on any atom is -0.269 e. The van der Waals surface area contributed by atoms with Crippen LogP contribution >= 0.6 is 24.0 Å². The van der Waals surface area contributed by atoms with Crippen LogP contribution < -0.4 is 0 Å². The molecule has 0 heterocycles. The van der Waals surface area contributed by atoms with Gasteiger partial charge >= 0.3 is 0 Å². The first kappa shape index (κ1) is 728. The van der Waals surface area contributed by atoms with Gasteiger partial charge in [-0.25, -0.2) is 0 Å². The Morgan fingerprint density at radius 2 is 0.375 bits per heavy atom. The van der Waals surface area contributed by atoms with Crippen molar-refractivity contribution in [3.63, 3.8) is 0 Å². The molecule has 0 aliphatic carbocycles. The van der Waals surface area contributed by atoms with Crippen molar-refractivity contribution in [1.82, 2.24) is 0 Å². The Bertz CT molecular complexity index is 8.49. The van der Waals surface area contributed by atoms with Crippen LogP contribution in [0.4, 0.5) is 28.2 Å². The van der Waals surface area contributed by atoms with Gasteiger partial charge in [0.15, 0.2) is 0 Å². The molecule has 0 aliphatic rings. The van der Waals surface area contributed by atoms with Crippen molar-refractivity contribution in [2.45, 2.75) is 0 Å². The van der Waals surface area contributed by atoms with E-state index in [1.807, 2.05) is 0 Å². The maximum atomic E-state index is 0. The zero-order chi connectivity index (χ0) is 0. The number of rotatable bonds is 0. The molecule has 0 nitrogen and oxygen atoms in total. The molecule has 0 aromatic rings. The van der Waals surface area contributed by atoms with Gasteiger partial charge in [-0.1, -0.05) is 0 Å². The molecular formula is H7AsF6I. The van der Waals surface area contributed by atoms with Gasteiger partial charge in [0.1, 0.15) is 0 Å². The molecule has 61 valence electrons. The fourth-order valence-corrected chi connectivity index (χ4v) is 0. The second-order valence-corrected chi connectivity index (χ2v) is 0. The van der Waals surface area contributed by atoms with E-state index in [1.54, 1.807) is 0 Å². The van der Waals surface area contributed by atoms with Crippen LogP contribution in [0.1, 0.15) is 0 Å². The van der Waals surface area contributed by atoms with E-state index < -0.39 is 0 Å². The van der Waals surface area contributed by atoms with Gasteiger partial charge in [0.05, 0.1) is 0 Å². The number of hydrogen-bond donors (Lipinski definition) is 0. The third kappa shape index (κ3) is 314. The Morgan fingerprint density at radius 1 is 0.375 bits per heavy atom. The predicted octanol–water partition coefficient (Wildman–Crippen LogP) is 1.15. The summed E-state index contributed by atoms with van der Waals surface area (Å²) in [6.45, 7) is 0. The third-order valence-electron chi connectivity index (χ3n) is 0. The molecule has 3 radical (unpaired) electrons. The first-order valence-electron chi connectivity index (χ1n) is 0. The molecule has 0 aromatic carbocycles. The summed E-state index contributed by atoms with van der Waals surface area (Å²) in [6.07, 6.45) is 0. The molecule has 0 bridgehead atoms. The average molecular weight is 323 g/mol. The molecule has 0 fully saturated rings. The van der Waals surface area contributed by atoms with E-state index in [0.717, 1.165) is 0 Å². The summed E-state index contributed by atoms with van der Waals surface area (Å²) in [5.74, 6) is 0. The number of hydrogen-bond acceptors (Lipinski definition) is 0. The van der Waals surface area contributed by atoms with Crippen LogP contribution in [0.5, 0.6) is 0 Å². The molecule has 8 heavy (non-hydrogen) atoms. The van der Waals surface area contributed by atoms with Crippen molar-refractivity contribution in [1.29, 1.82) is 0 Å². The molecule has 0 saturated carbocycles. The van der Waals surface area contributed by atoms with Crippen molar-refractivity contribution in [2.75, 3.05) is 0 Å². The number of halogens is 7. The Labute approximate surface area is 70.3 Å². The first-order chi connectivity index (χ1) is 0. The van der Waals surface area contributed by atoms with Crippen molar-refractivity contribution in [3.05, 3.63) is 0 Å². The summed E-state index contributed by atoms with van der Waals surface area (Å²) in [7, 11) is 0. The summed E-state index contributed by atoms with van der Waals surface area (Å²) in [5, 5.41) is 0. The van der Waals surface area contributed by atoms with Crippen molar-refractivity contribution in [3.8, 4) is 0 Å². The molecular weight excluding hydrogens is 316 g/mol. The SMILES string of the molecule is F.F.F.F.F.F.I.[As]. The van der Waals surface area contributed by atoms with E-state index >= 15 is 0 Å². The zero-order valence-corrected chi connectivity index (χ0v) is 7.51. The van der Waals surface area contributed by atoms with Gasteiger partial charge in [-0.3, -0.25) is 28.2 Å². The minimum atomic E-state index is 0. The Hall–Kier alpha value is 0.868. The molecule has 0 spiro atoms. The smallest absolute Gasteiger partial charge is 0 e. The molecule has 0 aromatic heterocycles. The van der Waals surface area contributed by atoms with Gasteiger partial charge in [0.25, 0.3) is 0 Å². The summed E-state index contributed by atoms with van der Waals surface area (Å²) in [5.41, 5.74) is 0. The summed E-state index contributed by atoms with van der Waals surface area (Å²) >= 11 is 0. The van der Waals surface area contributed by atoms with E-state index in [0.29, 0.717) is 0 Å². The van der Waals surface area contributed by atoms with E-state index in [4.69, 9.17) is 0 Å². The van der Waals surface area contributed by atoms with Crippen LogP contribution in [-0.4, -0.2) is 18.0 Å². The molecule has 0 saturated heterocycles. The van der Waals surface area contributed by atoms with Crippen LogP contribution in [0.25, 0.3) is 0 Å². The predicted molar refractivity (Wildman–Crippen MR) is 36.2 cm³/mol. The van der Waals surface area contributed by atoms with E-state index in [-0.39, 0.29) is 70.2 Å². The van der Waals surface area contributed by atoms with Crippen molar-refractivity contribution < 1.29 is 28.2 Å². The van der Waals surface area contributed by atoms with Gasteiger partial charge in [0.2, 0.25) is 0 Å². The standard InChI is InChI=1S/As.6FH.HI/h;7*1H.